The minimum atomic E-state index is -1.22. The Morgan fingerprint density at radius 2 is 1.95 bits per heavy atom. The second kappa shape index (κ2) is 8.70. The van der Waals surface area contributed by atoms with Gasteiger partial charge in [0.1, 0.15) is 11.4 Å². The van der Waals surface area contributed by atoms with E-state index in [-0.39, 0.29) is 29.1 Å². The van der Waals surface area contributed by atoms with Crippen molar-refractivity contribution in [2.24, 2.45) is 0 Å². The number of nitrogen functional groups attached to an aromatic ring is 1. The van der Waals surface area contributed by atoms with Crippen LogP contribution in [0.15, 0.2) is 54.6 Å². The summed E-state index contributed by atoms with van der Waals surface area (Å²) >= 11 is 12.4. The van der Waals surface area contributed by atoms with Gasteiger partial charge in [-0.05, 0) is 47.9 Å². The molecule has 0 bridgehead atoms. The van der Waals surface area contributed by atoms with Gasteiger partial charge in [0, 0.05) is 46.0 Å². The molecule has 5 N–H and O–H groups in total. The zero-order chi connectivity index (χ0) is 26.1. The van der Waals surface area contributed by atoms with E-state index in [2.05, 4.69) is 16.0 Å². The molecule has 3 aromatic carbocycles. The number of fused-ring (bicyclic) bond motifs is 3. The average Bonchev–Trinajstić information content (AvgIpc) is 3.49. The predicted octanol–water partition coefficient (Wildman–Crippen LogP) is 4.51. The number of carbonyl (C=O) groups excluding carboxylic acids is 2. The summed E-state index contributed by atoms with van der Waals surface area (Å²) in [5.74, 6) is -1.93. The summed E-state index contributed by atoms with van der Waals surface area (Å²) in [7, 11) is 1.31. The van der Waals surface area contributed by atoms with Crippen LogP contribution in [0.25, 0.3) is 0 Å². The summed E-state index contributed by atoms with van der Waals surface area (Å²) in [5, 5.41) is 10.6. The fourth-order valence-electron chi connectivity index (χ4n) is 6.25. The van der Waals surface area contributed by atoms with E-state index in [1.54, 1.807) is 48.5 Å². The molecule has 2 saturated heterocycles. The predicted molar refractivity (Wildman–Crippen MR) is 139 cm³/mol. The van der Waals surface area contributed by atoms with Gasteiger partial charge in [-0.15, -0.1) is 0 Å². The summed E-state index contributed by atoms with van der Waals surface area (Å²) in [6.45, 7) is 0. The van der Waals surface area contributed by atoms with Crippen molar-refractivity contribution in [3.63, 3.8) is 0 Å². The summed E-state index contributed by atoms with van der Waals surface area (Å²) in [6, 6.07) is 14.4. The number of nitrogens with one attached hydrogen (secondary N) is 3. The van der Waals surface area contributed by atoms with E-state index in [9.17, 15) is 9.59 Å². The van der Waals surface area contributed by atoms with Crippen molar-refractivity contribution in [1.29, 1.82) is 0 Å². The molecular formula is C27H23Cl2FN4O3. The van der Waals surface area contributed by atoms with E-state index in [0.717, 1.165) is 5.56 Å². The molecule has 3 heterocycles. The molecule has 0 aromatic heterocycles. The molecular weight excluding hydrogens is 518 g/mol. The number of anilines is 2. The number of halogens is 3. The summed E-state index contributed by atoms with van der Waals surface area (Å²) in [5.41, 5.74) is 8.36. The Kier molecular flexibility index (Phi) is 5.69. The summed E-state index contributed by atoms with van der Waals surface area (Å²) in [4.78, 5) is 25.6. The van der Waals surface area contributed by atoms with Crippen LogP contribution in [0.2, 0.25) is 10.0 Å². The van der Waals surface area contributed by atoms with Gasteiger partial charge in [-0.25, -0.2) is 9.18 Å². The van der Waals surface area contributed by atoms with Gasteiger partial charge in [0.25, 0.3) is 0 Å². The monoisotopic (exact) mass is 540 g/mol. The Morgan fingerprint density at radius 3 is 2.70 bits per heavy atom. The topological polar surface area (TPSA) is 105 Å². The molecule has 3 aliphatic heterocycles. The van der Waals surface area contributed by atoms with Gasteiger partial charge in [0.2, 0.25) is 5.91 Å². The zero-order valence-corrected chi connectivity index (χ0v) is 21.2. The van der Waals surface area contributed by atoms with Crippen LogP contribution >= 0.6 is 23.2 Å². The molecule has 5 atom stereocenters. The molecule has 0 radical (unpaired) electrons. The molecule has 1 spiro atoms. The van der Waals surface area contributed by atoms with Crippen molar-refractivity contribution >= 4 is 46.5 Å². The fourth-order valence-corrected chi connectivity index (χ4v) is 6.60. The first-order chi connectivity index (χ1) is 17.7. The molecule has 7 nitrogen and oxygen atoms in total. The fraction of sp³-hybridized carbons (Fsp3) is 0.259. The first-order valence-electron chi connectivity index (χ1n) is 11.8. The molecule has 190 valence electrons. The molecule has 10 heteroatoms. The average molecular weight is 541 g/mol. The lowest BCUT2D eigenvalue weighted by Crippen LogP contribution is -2.50. The third-order valence-electron chi connectivity index (χ3n) is 7.77. The molecule has 2 fully saturated rings. The van der Waals surface area contributed by atoms with Crippen molar-refractivity contribution in [2.75, 3.05) is 18.2 Å². The third-order valence-corrected chi connectivity index (χ3v) is 8.30. The van der Waals surface area contributed by atoms with E-state index in [4.69, 9.17) is 33.7 Å². The molecule has 3 aliphatic rings. The number of nitrogens with two attached hydrogens (primary N) is 1. The maximum atomic E-state index is 15.5. The number of esters is 1. The Labute approximate surface area is 222 Å². The smallest absolute Gasteiger partial charge is 0.337 e. The second-order valence-electron chi connectivity index (χ2n) is 9.64. The maximum Gasteiger partial charge on any atom is 0.337 e. The van der Waals surface area contributed by atoms with Crippen LogP contribution in [0, 0.1) is 5.82 Å². The lowest BCUT2D eigenvalue weighted by molar-refractivity contribution is -0.122. The van der Waals surface area contributed by atoms with E-state index < -0.39 is 23.2 Å². The lowest BCUT2D eigenvalue weighted by atomic mass is 9.74. The van der Waals surface area contributed by atoms with Gasteiger partial charge in [-0.2, -0.15) is 0 Å². The van der Waals surface area contributed by atoms with E-state index in [1.165, 1.54) is 13.2 Å². The van der Waals surface area contributed by atoms with Crippen LogP contribution in [-0.2, 0) is 15.1 Å². The van der Waals surface area contributed by atoms with Crippen LogP contribution < -0.4 is 21.7 Å². The molecule has 6 rings (SSSR count). The van der Waals surface area contributed by atoms with Crippen LogP contribution in [0.5, 0.6) is 0 Å². The number of rotatable bonds is 3. The molecule has 1 amide bonds. The van der Waals surface area contributed by atoms with Crippen LogP contribution in [0.1, 0.15) is 45.4 Å². The quantitative estimate of drug-likeness (QED) is 0.288. The number of methoxy groups -OCH3 is 1. The van der Waals surface area contributed by atoms with Gasteiger partial charge < -0.3 is 21.1 Å². The van der Waals surface area contributed by atoms with Gasteiger partial charge in [-0.3, -0.25) is 10.1 Å². The van der Waals surface area contributed by atoms with Crippen molar-refractivity contribution in [1.82, 2.24) is 10.6 Å². The standard InChI is InChI=1S/C27H23Cl2FN4O3/c1-37-25(35)12-5-7-14(18(31)9-12)19-11-21-24(32-19)22(15-3-2-4-17(29)23(15)30)27(34-21)16-8-6-13(28)10-20(16)33-26(27)36/h2-10,19,21-22,24,32,34H,11,31H2,1H3,(H,33,36)/t19?,21-,22-,24?,27+/m0/s1. The highest BCUT2D eigenvalue weighted by Crippen LogP contribution is 2.55. The Balaban J connectivity index is 1.44. The summed E-state index contributed by atoms with van der Waals surface area (Å²) in [6.07, 6.45) is 0.586. The largest absolute Gasteiger partial charge is 0.465 e. The van der Waals surface area contributed by atoms with Crippen molar-refractivity contribution in [3.8, 4) is 0 Å². The normalized spacial score (nSPS) is 27.7. The highest BCUT2D eigenvalue weighted by molar-refractivity contribution is 6.31. The van der Waals surface area contributed by atoms with E-state index in [0.29, 0.717) is 39.5 Å². The molecule has 37 heavy (non-hydrogen) atoms. The number of carbonyl (C=O) groups is 2. The maximum absolute atomic E-state index is 15.5. The molecule has 0 saturated carbocycles. The molecule has 2 unspecified atom stereocenters. The minimum Gasteiger partial charge on any atom is -0.465 e. The van der Waals surface area contributed by atoms with Crippen LogP contribution in [0.4, 0.5) is 15.8 Å². The van der Waals surface area contributed by atoms with Crippen LogP contribution in [0.3, 0.4) is 0 Å². The second-order valence-corrected chi connectivity index (χ2v) is 10.5. The van der Waals surface area contributed by atoms with E-state index in [1.807, 2.05) is 0 Å². The van der Waals surface area contributed by atoms with Gasteiger partial charge in [0.05, 0.1) is 17.7 Å². The Hall–Kier alpha value is -3.17. The number of hydrogen-bond donors (Lipinski definition) is 4. The number of amides is 1. The van der Waals surface area contributed by atoms with Gasteiger partial charge in [-0.1, -0.05) is 47.5 Å². The van der Waals surface area contributed by atoms with Crippen molar-refractivity contribution in [3.05, 3.63) is 92.7 Å². The molecule has 0 aliphatic carbocycles. The first-order valence-corrected chi connectivity index (χ1v) is 12.6. The van der Waals surface area contributed by atoms with Gasteiger partial charge >= 0.3 is 5.97 Å². The molecule has 3 aromatic rings. The highest BCUT2D eigenvalue weighted by Gasteiger charge is 2.64. The first kappa shape index (κ1) is 24.2. The van der Waals surface area contributed by atoms with Gasteiger partial charge in [0.15, 0.2) is 0 Å². The van der Waals surface area contributed by atoms with Crippen molar-refractivity contribution in [2.45, 2.75) is 36.0 Å². The minimum absolute atomic E-state index is 0.0111. The number of ether oxygens (including phenoxy) is 1. The third kappa shape index (κ3) is 3.54. The zero-order valence-electron chi connectivity index (χ0n) is 19.6. The SMILES string of the molecule is COC(=O)c1ccc(C2C[C@@H]3N[C@@]4(C(=O)Nc5cc(Cl)ccc54)[C@@H](c4cccc(Cl)c4F)C3N2)c(N)c1. The van der Waals surface area contributed by atoms with E-state index >= 15 is 4.39 Å². The number of hydrogen-bond acceptors (Lipinski definition) is 6. The van der Waals surface area contributed by atoms with Crippen molar-refractivity contribution < 1.29 is 18.7 Å². The Bertz CT molecular complexity index is 1470. The highest BCUT2D eigenvalue weighted by atomic mass is 35.5. The van der Waals surface area contributed by atoms with Crippen LogP contribution in [-0.4, -0.2) is 31.1 Å². The lowest BCUT2D eigenvalue weighted by Gasteiger charge is -2.34. The summed E-state index contributed by atoms with van der Waals surface area (Å²) < 4.78 is 20.3. The number of benzene rings is 3. The Morgan fingerprint density at radius 1 is 1.14 bits per heavy atom.